The Morgan fingerprint density at radius 1 is 1.53 bits per heavy atom. The highest BCUT2D eigenvalue weighted by atomic mass is 16.1. The SMILES string of the molecule is CNC(=O)C1CCN(Cc2nccn2C)CC1. The number of imidazole rings is 1. The molecule has 1 amide bonds. The number of rotatable bonds is 3. The van der Waals surface area contributed by atoms with E-state index in [0.29, 0.717) is 0 Å². The maximum atomic E-state index is 11.5. The third-order valence-electron chi connectivity index (χ3n) is 3.49. The molecule has 0 aliphatic carbocycles. The van der Waals surface area contributed by atoms with Crippen molar-refractivity contribution in [3.8, 4) is 0 Å². The van der Waals surface area contributed by atoms with Crippen LogP contribution in [0, 0.1) is 5.92 Å². The summed E-state index contributed by atoms with van der Waals surface area (Å²) in [6.45, 7) is 2.83. The quantitative estimate of drug-likeness (QED) is 0.825. The molecule has 1 saturated heterocycles. The fraction of sp³-hybridized carbons (Fsp3) is 0.667. The molecule has 1 aliphatic rings. The summed E-state index contributed by atoms with van der Waals surface area (Å²) in [5, 5.41) is 2.73. The van der Waals surface area contributed by atoms with Crippen LogP contribution in [0.15, 0.2) is 12.4 Å². The topological polar surface area (TPSA) is 50.2 Å². The minimum atomic E-state index is 0.182. The molecular weight excluding hydrogens is 216 g/mol. The Balaban J connectivity index is 1.83. The van der Waals surface area contributed by atoms with Crippen LogP contribution in [0.5, 0.6) is 0 Å². The van der Waals surface area contributed by atoms with E-state index < -0.39 is 0 Å². The van der Waals surface area contributed by atoms with Crippen molar-refractivity contribution in [3.63, 3.8) is 0 Å². The second-order valence-electron chi connectivity index (χ2n) is 4.62. The lowest BCUT2D eigenvalue weighted by Crippen LogP contribution is -2.39. The van der Waals surface area contributed by atoms with Gasteiger partial charge in [0.1, 0.15) is 5.82 Å². The van der Waals surface area contributed by atoms with Crippen LogP contribution in [0.4, 0.5) is 0 Å². The lowest BCUT2D eigenvalue weighted by molar-refractivity contribution is -0.125. The van der Waals surface area contributed by atoms with Crippen molar-refractivity contribution >= 4 is 5.91 Å². The first-order chi connectivity index (χ1) is 8.20. The predicted octanol–water partition coefficient (Wildman–Crippen LogP) is 0.378. The van der Waals surface area contributed by atoms with Crippen LogP contribution < -0.4 is 5.32 Å². The molecular formula is C12H20N4O. The first-order valence-electron chi connectivity index (χ1n) is 6.11. The summed E-state index contributed by atoms with van der Waals surface area (Å²) < 4.78 is 2.05. The van der Waals surface area contributed by atoms with Crippen molar-refractivity contribution in [2.24, 2.45) is 13.0 Å². The van der Waals surface area contributed by atoms with Crippen molar-refractivity contribution in [2.75, 3.05) is 20.1 Å². The standard InChI is InChI=1S/C12H20N4O/c1-13-12(17)10-3-6-16(7-4-10)9-11-14-5-8-15(11)2/h5,8,10H,3-4,6-7,9H2,1-2H3,(H,13,17). The highest BCUT2D eigenvalue weighted by molar-refractivity contribution is 5.78. The van der Waals surface area contributed by atoms with Gasteiger partial charge in [-0.05, 0) is 25.9 Å². The highest BCUT2D eigenvalue weighted by Gasteiger charge is 2.24. The van der Waals surface area contributed by atoms with Crippen molar-refractivity contribution in [1.29, 1.82) is 0 Å². The fourth-order valence-electron chi connectivity index (χ4n) is 2.31. The van der Waals surface area contributed by atoms with Gasteiger partial charge in [0.25, 0.3) is 0 Å². The van der Waals surface area contributed by atoms with E-state index in [2.05, 4.69) is 15.2 Å². The van der Waals surface area contributed by atoms with E-state index in [0.717, 1.165) is 38.3 Å². The van der Waals surface area contributed by atoms with Gasteiger partial charge in [0.15, 0.2) is 0 Å². The number of nitrogens with zero attached hydrogens (tertiary/aromatic N) is 3. The van der Waals surface area contributed by atoms with Gasteiger partial charge < -0.3 is 9.88 Å². The molecule has 1 aromatic heterocycles. The van der Waals surface area contributed by atoms with Gasteiger partial charge in [-0.2, -0.15) is 0 Å². The molecule has 17 heavy (non-hydrogen) atoms. The lowest BCUT2D eigenvalue weighted by atomic mass is 9.96. The molecule has 0 unspecified atom stereocenters. The van der Waals surface area contributed by atoms with Crippen molar-refractivity contribution in [3.05, 3.63) is 18.2 Å². The van der Waals surface area contributed by atoms with E-state index in [1.54, 1.807) is 7.05 Å². The number of amides is 1. The van der Waals surface area contributed by atoms with E-state index in [9.17, 15) is 4.79 Å². The van der Waals surface area contributed by atoms with Gasteiger partial charge in [-0.3, -0.25) is 9.69 Å². The number of piperidine rings is 1. The first-order valence-corrected chi connectivity index (χ1v) is 6.11. The molecule has 1 aliphatic heterocycles. The normalized spacial score (nSPS) is 18.2. The van der Waals surface area contributed by atoms with Crippen LogP contribution in [-0.4, -0.2) is 40.5 Å². The molecule has 0 radical (unpaired) electrons. The van der Waals surface area contributed by atoms with Crippen LogP contribution in [-0.2, 0) is 18.4 Å². The number of nitrogens with one attached hydrogen (secondary N) is 1. The molecule has 0 atom stereocenters. The predicted molar refractivity (Wildman–Crippen MR) is 65.3 cm³/mol. The summed E-state index contributed by atoms with van der Waals surface area (Å²) in [5.41, 5.74) is 0. The minimum Gasteiger partial charge on any atom is -0.359 e. The van der Waals surface area contributed by atoms with E-state index >= 15 is 0 Å². The molecule has 2 heterocycles. The molecule has 1 fully saturated rings. The van der Waals surface area contributed by atoms with Crippen LogP contribution in [0.25, 0.3) is 0 Å². The average Bonchev–Trinajstić information content (AvgIpc) is 2.75. The smallest absolute Gasteiger partial charge is 0.222 e. The Bertz CT molecular complexity index is 380. The molecule has 0 bridgehead atoms. The van der Waals surface area contributed by atoms with Crippen molar-refractivity contribution in [1.82, 2.24) is 19.8 Å². The summed E-state index contributed by atoms with van der Waals surface area (Å²) >= 11 is 0. The number of carbonyl (C=O) groups excluding carboxylic acids is 1. The fourth-order valence-corrected chi connectivity index (χ4v) is 2.31. The van der Waals surface area contributed by atoms with E-state index in [4.69, 9.17) is 0 Å². The van der Waals surface area contributed by atoms with Gasteiger partial charge >= 0.3 is 0 Å². The minimum absolute atomic E-state index is 0.182. The monoisotopic (exact) mass is 236 g/mol. The van der Waals surface area contributed by atoms with Gasteiger partial charge in [0, 0.05) is 32.4 Å². The Morgan fingerprint density at radius 2 is 2.24 bits per heavy atom. The number of likely N-dealkylation sites (tertiary alicyclic amines) is 1. The first kappa shape index (κ1) is 12.1. The molecule has 0 saturated carbocycles. The molecule has 94 valence electrons. The molecule has 5 nitrogen and oxygen atoms in total. The second-order valence-corrected chi connectivity index (χ2v) is 4.62. The Labute approximate surface area is 102 Å². The van der Waals surface area contributed by atoms with Crippen LogP contribution in [0.2, 0.25) is 0 Å². The summed E-state index contributed by atoms with van der Waals surface area (Å²) in [6, 6.07) is 0. The van der Waals surface area contributed by atoms with E-state index in [1.807, 2.05) is 24.0 Å². The maximum Gasteiger partial charge on any atom is 0.222 e. The number of hydrogen-bond acceptors (Lipinski definition) is 3. The van der Waals surface area contributed by atoms with Crippen molar-refractivity contribution in [2.45, 2.75) is 19.4 Å². The van der Waals surface area contributed by atoms with Gasteiger partial charge in [-0.15, -0.1) is 0 Å². The molecule has 1 N–H and O–H groups in total. The Hall–Kier alpha value is -1.36. The Kier molecular flexibility index (Phi) is 3.78. The van der Waals surface area contributed by atoms with Gasteiger partial charge in [-0.25, -0.2) is 4.98 Å². The maximum absolute atomic E-state index is 11.5. The third kappa shape index (κ3) is 2.85. The highest BCUT2D eigenvalue weighted by Crippen LogP contribution is 2.18. The summed E-state index contributed by atoms with van der Waals surface area (Å²) in [7, 11) is 3.72. The zero-order chi connectivity index (χ0) is 12.3. The van der Waals surface area contributed by atoms with Crippen LogP contribution in [0.1, 0.15) is 18.7 Å². The zero-order valence-electron chi connectivity index (χ0n) is 10.5. The zero-order valence-corrected chi connectivity index (χ0v) is 10.5. The average molecular weight is 236 g/mol. The summed E-state index contributed by atoms with van der Waals surface area (Å²) in [4.78, 5) is 18.2. The van der Waals surface area contributed by atoms with Gasteiger partial charge in [0.2, 0.25) is 5.91 Å². The van der Waals surface area contributed by atoms with Crippen molar-refractivity contribution < 1.29 is 4.79 Å². The van der Waals surface area contributed by atoms with Crippen LogP contribution in [0.3, 0.4) is 0 Å². The summed E-state index contributed by atoms with van der Waals surface area (Å²) in [5.74, 6) is 1.46. The molecule has 2 rings (SSSR count). The third-order valence-corrected chi connectivity index (χ3v) is 3.49. The Morgan fingerprint density at radius 3 is 2.76 bits per heavy atom. The van der Waals surface area contributed by atoms with Gasteiger partial charge in [-0.1, -0.05) is 0 Å². The molecule has 1 aromatic rings. The van der Waals surface area contributed by atoms with Gasteiger partial charge in [0.05, 0.1) is 6.54 Å². The number of aryl methyl sites for hydroxylation is 1. The number of hydrogen-bond donors (Lipinski definition) is 1. The number of carbonyl (C=O) groups is 1. The van der Waals surface area contributed by atoms with Crippen LogP contribution >= 0.6 is 0 Å². The lowest BCUT2D eigenvalue weighted by Gasteiger charge is -2.30. The largest absolute Gasteiger partial charge is 0.359 e. The second kappa shape index (κ2) is 5.31. The summed E-state index contributed by atoms with van der Waals surface area (Å²) in [6.07, 6.45) is 5.69. The molecule has 5 heteroatoms. The number of aromatic nitrogens is 2. The molecule has 0 spiro atoms. The van der Waals surface area contributed by atoms with E-state index in [1.165, 1.54) is 0 Å². The van der Waals surface area contributed by atoms with E-state index in [-0.39, 0.29) is 11.8 Å². The molecule has 0 aromatic carbocycles.